The Balaban J connectivity index is 1.34. The van der Waals surface area contributed by atoms with Gasteiger partial charge in [-0.15, -0.1) is 0 Å². The highest BCUT2D eigenvalue weighted by Gasteiger charge is 2.21. The molecule has 2 aromatic rings. The van der Waals surface area contributed by atoms with Crippen LogP contribution in [0, 0.1) is 0 Å². The fraction of sp³-hybridized carbons (Fsp3) is 0.556. The molecule has 6 heteroatoms. The lowest BCUT2D eigenvalue weighted by atomic mass is 10.1. The third-order valence-corrected chi connectivity index (χ3v) is 6.77. The zero-order valence-electron chi connectivity index (χ0n) is 20.2. The SMILES string of the molecule is CCNC(=NCc1ccccc1CN1CCCCCC1)NC1CCN(c2ccccn2)CC1. The Morgan fingerprint density at radius 1 is 0.939 bits per heavy atom. The molecule has 0 spiro atoms. The quantitative estimate of drug-likeness (QED) is 0.492. The van der Waals surface area contributed by atoms with Gasteiger partial charge >= 0.3 is 0 Å². The van der Waals surface area contributed by atoms with Gasteiger partial charge in [-0.2, -0.15) is 0 Å². The van der Waals surface area contributed by atoms with E-state index in [-0.39, 0.29) is 0 Å². The second-order valence-corrected chi connectivity index (χ2v) is 9.25. The molecule has 3 heterocycles. The van der Waals surface area contributed by atoms with E-state index in [0.29, 0.717) is 12.6 Å². The van der Waals surface area contributed by atoms with E-state index in [1.807, 2.05) is 12.3 Å². The first-order valence-corrected chi connectivity index (χ1v) is 12.8. The molecule has 0 aliphatic carbocycles. The largest absolute Gasteiger partial charge is 0.357 e. The summed E-state index contributed by atoms with van der Waals surface area (Å²) < 4.78 is 0. The lowest BCUT2D eigenvalue weighted by Crippen LogP contribution is -2.48. The molecule has 2 saturated heterocycles. The molecule has 0 unspecified atom stereocenters. The van der Waals surface area contributed by atoms with Gasteiger partial charge in [-0.3, -0.25) is 4.90 Å². The average Bonchev–Trinajstić information content (AvgIpc) is 3.13. The fourth-order valence-electron chi connectivity index (χ4n) is 4.87. The van der Waals surface area contributed by atoms with E-state index >= 15 is 0 Å². The first kappa shape index (κ1) is 23.6. The molecule has 178 valence electrons. The van der Waals surface area contributed by atoms with Gasteiger partial charge in [0.15, 0.2) is 5.96 Å². The van der Waals surface area contributed by atoms with Crippen LogP contribution in [0.3, 0.4) is 0 Å². The Kier molecular flexibility index (Phi) is 8.99. The maximum absolute atomic E-state index is 4.98. The first-order chi connectivity index (χ1) is 16.3. The monoisotopic (exact) mass is 448 g/mol. The molecule has 1 aromatic carbocycles. The van der Waals surface area contributed by atoms with Crippen LogP contribution in [0.1, 0.15) is 56.6 Å². The average molecular weight is 449 g/mol. The Morgan fingerprint density at radius 2 is 1.67 bits per heavy atom. The molecular formula is C27H40N6. The van der Waals surface area contributed by atoms with Crippen molar-refractivity contribution in [3.05, 3.63) is 59.8 Å². The second-order valence-electron chi connectivity index (χ2n) is 9.25. The van der Waals surface area contributed by atoms with Gasteiger partial charge < -0.3 is 15.5 Å². The van der Waals surface area contributed by atoms with Crippen LogP contribution in [0.5, 0.6) is 0 Å². The van der Waals surface area contributed by atoms with E-state index in [9.17, 15) is 0 Å². The van der Waals surface area contributed by atoms with Crippen LogP contribution in [0.25, 0.3) is 0 Å². The summed E-state index contributed by atoms with van der Waals surface area (Å²) in [5, 5.41) is 7.14. The predicted octanol–water partition coefficient (Wildman–Crippen LogP) is 4.18. The van der Waals surface area contributed by atoms with Crippen LogP contribution in [0.2, 0.25) is 0 Å². The van der Waals surface area contributed by atoms with E-state index in [4.69, 9.17) is 4.99 Å². The van der Waals surface area contributed by atoms with Crippen molar-refractivity contribution in [2.75, 3.05) is 37.6 Å². The molecule has 2 fully saturated rings. The molecule has 4 rings (SSSR count). The Hall–Kier alpha value is -2.60. The minimum Gasteiger partial charge on any atom is -0.357 e. The summed E-state index contributed by atoms with van der Waals surface area (Å²) in [7, 11) is 0. The Morgan fingerprint density at radius 3 is 2.36 bits per heavy atom. The van der Waals surface area contributed by atoms with Gasteiger partial charge in [0.05, 0.1) is 6.54 Å². The number of nitrogens with zero attached hydrogens (tertiary/aromatic N) is 4. The van der Waals surface area contributed by atoms with Crippen LogP contribution in [-0.4, -0.2) is 54.6 Å². The van der Waals surface area contributed by atoms with Crippen molar-refractivity contribution in [1.29, 1.82) is 0 Å². The fourth-order valence-corrected chi connectivity index (χ4v) is 4.87. The summed E-state index contributed by atoms with van der Waals surface area (Å²) in [5.41, 5.74) is 2.76. The number of nitrogens with one attached hydrogen (secondary N) is 2. The third-order valence-electron chi connectivity index (χ3n) is 6.77. The van der Waals surface area contributed by atoms with E-state index < -0.39 is 0 Å². The van der Waals surface area contributed by atoms with Gasteiger partial charge in [0.1, 0.15) is 5.82 Å². The van der Waals surface area contributed by atoms with Crippen molar-refractivity contribution in [2.45, 2.75) is 64.6 Å². The van der Waals surface area contributed by atoms with Crippen molar-refractivity contribution in [3.8, 4) is 0 Å². The Bertz CT molecular complexity index is 852. The third kappa shape index (κ3) is 7.19. The summed E-state index contributed by atoms with van der Waals surface area (Å²) in [6, 6.07) is 15.4. The van der Waals surface area contributed by atoms with E-state index in [1.165, 1.54) is 49.9 Å². The van der Waals surface area contributed by atoms with Crippen LogP contribution in [-0.2, 0) is 13.1 Å². The van der Waals surface area contributed by atoms with Crippen LogP contribution in [0.15, 0.2) is 53.7 Å². The smallest absolute Gasteiger partial charge is 0.191 e. The number of piperidine rings is 1. The number of aliphatic imine (C=N–C) groups is 1. The lowest BCUT2D eigenvalue weighted by Gasteiger charge is -2.33. The molecule has 0 bridgehead atoms. The summed E-state index contributed by atoms with van der Waals surface area (Å²) >= 11 is 0. The zero-order chi connectivity index (χ0) is 22.7. The number of aromatic nitrogens is 1. The zero-order valence-corrected chi connectivity index (χ0v) is 20.2. The predicted molar refractivity (Wildman–Crippen MR) is 138 cm³/mol. The lowest BCUT2D eigenvalue weighted by molar-refractivity contribution is 0.276. The first-order valence-electron chi connectivity index (χ1n) is 12.8. The molecule has 0 amide bonds. The maximum Gasteiger partial charge on any atom is 0.191 e. The van der Waals surface area contributed by atoms with Crippen molar-refractivity contribution < 1.29 is 0 Å². The molecule has 2 aliphatic rings. The normalized spacial score (nSPS) is 18.7. The molecule has 6 nitrogen and oxygen atoms in total. The number of benzene rings is 1. The Labute approximate surface area is 199 Å². The summed E-state index contributed by atoms with van der Waals surface area (Å²) in [4.78, 5) is 14.5. The van der Waals surface area contributed by atoms with Gasteiger partial charge in [-0.1, -0.05) is 43.2 Å². The highest BCUT2D eigenvalue weighted by molar-refractivity contribution is 5.80. The van der Waals surface area contributed by atoms with Crippen LogP contribution in [0.4, 0.5) is 5.82 Å². The number of anilines is 1. The standard InChI is InChI=1S/C27H40N6/c1-2-28-27(31-25-14-19-33(20-15-25)26-13-7-8-16-29-26)30-21-23-11-5-6-12-24(23)22-32-17-9-3-4-10-18-32/h5-8,11-13,16,25H,2-4,9-10,14-15,17-22H2,1H3,(H2,28,30,31). The molecule has 0 saturated carbocycles. The molecule has 0 radical (unpaired) electrons. The molecule has 2 N–H and O–H groups in total. The molecule has 1 aromatic heterocycles. The number of pyridine rings is 1. The van der Waals surface area contributed by atoms with Crippen molar-refractivity contribution in [1.82, 2.24) is 20.5 Å². The highest BCUT2D eigenvalue weighted by Crippen LogP contribution is 2.18. The van der Waals surface area contributed by atoms with Gasteiger partial charge in [0.2, 0.25) is 0 Å². The van der Waals surface area contributed by atoms with E-state index in [2.05, 4.69) is 68.7 Å². The molecular weight excluding hydrogens is 408 g/mol. The van der Waals surface area contributed by atoms with E-state index in [0.717, 1.165) is 50.8 Å². The maximum atomic E-state index is 4.98. The van der Waals surface area contributed by atoms with Crippen LogP contribution >= 0.6 is 0 Å². The number of likely N-dealkylation sites (tertiary alicyclic amines) is 1. The van der Waals surface area contributed by atoms with Gasteiger partial charge in [0.25, 0.3) is 0 Å². The number of guanidine groups is 1. The minimum atomic E-state index is 0.440. The van der Waals surface area contributed by atoms with Crippen molar-refractivity contribution in [3.63, 3.8) is 0 Å². The summed E-state index contributed by atoms with van der Waals surface area (Å²) in [5.74, 6) is 2.01. The second kappa shape index (κ2) is 12.6. The molecule has 2 aliphatic heterocycles. The molecule has 0 atom stereocenters. The topological polar surface area (TPSA) is 55.8 Å². The van der Waals surface area contributed by atoms with Crippen molar-refractivity contribution >= 4 is 11.8 Å². The summed E-state index contributed by atoms with van der Waals surface area (Å²) in [6.45, 7) is 9.24. The van der Waals surface area contributed by atoms with Gasteiger partial charge in [-0.05, 0) is 69.0 Å². The minimum absolute atomic E-state index is 0.440. The highest BCUT2D eigenvalue weighted by atomic mass is 15.2. The van der Waals surface area contributed by atoms with E-state index in [1.54, 1.807) is 0 Å². The number of hydrogen-bond donors (Lipinski definition) is 2. The number of hydrogen-bond acceptors (Lipinski definition) is 4. The van der Waals surface area contributed by atoms with Crippen molar-refractivity contribution in [2.24, 2.45) is 4.99 Å². The van der Waals surface area contributed by atoms with Crippen LogP contribution < -0.4 is 15.5 Å². The number of rotatable bonds is 7. The van der Waals surface area contributed by atoms with Gasteiger partial charge in [-0.25, -0.2) is 9.98 Å². The molecule has 33 heavy (non-hydrogen) atoms. The van der Waals surface area contributed by atoms with Gasteiger partial charge in [0, 0.05) is 38.4 Å². The summed E-state index contributed by atoms with van der Waals surface area (Å²) in [6.07, 6.45) is 9.46.